The van der Waals surface area contributed by atoms with Gasteiger partial charge in [0.1, 0.15) is 0 Å². The zero-order valence-corrected chi connectivity index (χ0v) is 11.7. The topological polar surface area (TPSA) is 82.2 Å². The van der Waals surface area contributed by atoms with Crippen molar-refractivity contribution in [2.45, 2.75) is 6.54 Å². The molecule has 7 heteroatoms. The molecule has 0 fully saturated rings. The summed E-state index contributed by atoms with van der Waals surface area (Å²) in [5.74, 6) is -0.292. The summed E-state index contributed by atoms with van der Waals surface area (Å²) in [6, 6.07) is 9.55. The quantitative estimate of drug-likeness (QED) is 0.487. The molecule has 0 aliphatic heterocycles. The molecule has 0 radical (unpaired) electrons. The summed E-state index contributed by atoms with van der Waals surface area (Å²) in [6.07, 6.45) is 1.06. The first-order chi connectivity index (χ1) is 9.49. The van der Waals surface area contributed by atoms with E-state index in [9.17, 15) is 19.7 Å². The Hall–Kier alpha value is -2.28. The second kappa shape index (κ2) is 5.79. The van der Waals surface area contributed by atoms with Gasteiger partial charge in [0.25, 0.3) is 11.2 Å². The van der Waals surface area contributed by atoms with Gasteiger partial charge in [0.15, 0.2) is 5.78 Å². The molecule has 0 saturated heterocycles. The number of carbonyl (C=O) groups is 1. The number of rotatable bonds is 4. The van der Waals surface area contributed by atoms with Crippen LogP contribution in [0.5, 0.6) is 0 Å². The molecule has 0 unspecified atom stereocenters. The van der Waals surface area contributed by atoms with E-state index in [4.69, 9.17) is 0 Å². The standard InChI is InChI=1S/C13H9BrN2O4/c14-11-6-10(16(19)20)7-15(13(11)18)8-12(17)9-4-2-1-3-5-9/h1-7H,8H2. The maximum absolute atomic E-state index is 12.0. The molecule has 102 valence electrons. The summed E-state index contributed by atoms with van der Waals surface area (Å²) in [6.45, 7) is -0.247. The van der Waals surface area contributed by atoms with Gasteiger partial charge in [-0.2, -0.15) is 0 Å². The Morgan fingerprint density at radius 1 is 1.30 bits per heavy atom. The first-order valence-electron chi connectivity index (χ1n) is 5.61. The third-order valence-corrected chi connectivity index (χ3v) is 3.22. The van der Waals surface area contributed by atoms with Crippen molar-refractivity contribution >= 4 is 27.4 Å². The summed E-state index contributed by atoms with van der Waals surface area (Å²) >= 11 is 2.96. The lowest BCUT2D eigenvalue weighted by molar-refractivity contribution is -0.385. The SMILES string of the molecule is O=C(Cn1cc([N+](=O)[O-])cc(Br)c1=O)c1ccccc1. The average molecular weight is 337 g/mol. The fraction of sp³-hybridized carbons (Fsp3) is 0.0769. The number of benzene rings is 1. The van der Waals surface area contributed by atoms with E-state index in [1.54, 1.807) is 30.3 Å². The van der Waals surface area contributed by atoms with Crippen molar-refractivity contribution in [3.05, 3.63) is 73.1 Å². The minimum Gasteiger partial charge on any atom is -0.300 e. The van der Waals surface area contributed by atoms with Gasteiger partial charge >= 0.3 is 0 Å². The van der Waals surface area contributed by atoms with Crippen LogP contribution < -0.4 is 5.56 Å². The van der Waals surface area contributed by atoms with Gasteiger partial charge in [0.2, 0.25) is 0 Å². The molecule has 1 heterocycles. The summed E-state index contributed by atoms with van der Waals surface area (Å²) in [5, 5.41) is 10.8. The summed E-state index contributed by atoms with van der Waals surface area (Å²) in [5.41, 5.74) is -0.292. The van der Waals surface area contributed by atoms with E-state index in [1.165, 1.54) is 0 Å². The van der Waals surface area contributed by atoms with Gasteiger partial charge < -0.3 is 0 Å². The van der Waals surface area contributed by atoms with Crippen molar-refractivity contribution in [2.75, 3.05) is 0 Å². The highest BCUT2D eigenvalue weighted by Gasteiger charge is 2.15. The fourth-order valence-corrected chi connectivity index (χ4v) is 2.13. The molecule has 0 N–H and O–H groups in total. The highest BCUT2D eigenvalue weighted by molar-refractivity contribution is 9.10. The van der Waals surface area contributed by atoms with E-state index in [-0.39, 0.29) is 22.5 Å². The molecule has 0 atom stereocenters. The van der Waals surface area contributed by atoms with Crippen LogP contribution in [0, 0.1) is 10.1 Å². The van der Waals surface area contributed by atoms with Crippen LogP contribution in [0.2, 0.25) is 0 Å². The molecule has 20 heavy (non-hydrogen) atoms. The number of halogens is 1. The van der Waals surface area contributed by atoms with Crippen LogP contribution in [-0.4, -0.2) is 15.3 Å². The monoisotopic (exact) mass is 336 g/mol. The lowest BCUT2D eigenvalue weighted by atomic mass is 10.1. The number of hydrogen-bond acceptors (Lipinski definition) is 4. The molecule has 1 aromatic carbocycles. The van der Waals surface area contributed by atoms with E-state index >= 15 is 0 Å². The second-order valence-electron chi connectivity index (χ2n) is 4.03. The zero-order chi connectivity index (χ0) is 14.7. The minimum absolute atomic E-state index is 0.0487. The molecule has 6 nitrogen and oxygen atoms in total. The summed E-state index contributed by atoms with van der Waals surface area (Å²) in [4.78, 5) is 34.0. The zero-order valence-electron chi connectivity index (χ0n) is 10.2. The van der Waals surface area contributed by atoms with Gasteiger partial charge in [0, 0.05) is 11.6 Å². The Kier molecular flexibility index (Phi) is 4.09. The molecule has 0 spiro atoms. The van der Waals surface area contributed by atoms with Gasteiger partial charge in [-0.25, -0.2) is 0 Å². The predicted molar refractivity (Wildman–Crippen MR) is 75.8 cm³/mol. The minimum atomic E-state index is -0.617. The normalized spacial score (nSPS) is 10.2. The van der Waals surface area contributed by atoms with Crippen LogP contribution in [0.1, 0.15) is 10.4 Å². The number of hydrogen-bond donors (Lipinski definition) is 0. The molecule has 2 rings (SSSR count). The highest BCUT2D eigenvalue weighted by Crippen LogP contribution is 2.14. The average Bonchev–Trinajstić information content (AvgIpc) is 2.44. The van der Waals surface area contributed by atoms with Crippen LogP contribution in [0.15, 0.2) is 51.9 Å². The smallest absolute Gasteiger partial charge is 0.286 e. The van der Waals surface area contributed by atoms with E-state index in [0.29, 0.717) is 5.56 Å². The molecule has 2 aromatic rings. The van der Waals surface area contributed by atoms with Gasteiger partial charge in [-0.1, -0.05) is 30.3 Å². The van der Waals surface area contributed by atoms with Gasteiger partial charge in [0.05, 0.1) is 22.1 Å². The Morgan fingerprint density at radius 2 is 1.95 bits per heavy atom. The van der Waals surface area contributed by atoms with Crippen LogP contribution in [-0.2, 0) is 6.54 Å². The Bertz CT molecular complexity index is 725. The maximum Gasteiger partial charge on any atom is 0.286 e. The van der Waals surface area contributed by atoms with Crippen molar-refractivity contribution < 1.29 is 9.72 Å². The van der Waals surface area contributed by atoms with Crippen molar-refractivity contribution in [1.29, 1.82) is 0 Å². The first-order valence-corrected chi connectivity index (χ1v) is 6.41. The van der Waals surface area contributed by atoms with Crippen molar-refractivity contribution in [2.24, 2.45) is 0 Å². The molecular formula is C13H9BrN2O4. The third-order valence-electron chi connectivity index (χ3n) is 2.65. The molecule has 0 aliphatic rings. The summed E-state index contributed by atoms with van der Waals surface area (Å²) in [7, 11) is 0. The highest BCUT2D eigenvalue weighted by atomic mass is 79.9. The van der Waals surface area contributed by atoms with Crippen molar-refractivity contribution in [3.63, 3.8) is 0 Å². The van der Waals surface area contributed by atoms with Gasteiger partial charge in [-0.3, -0.25) is 24.3 Å². The van der Waals surface area contributed by atoms with Gasteiger partial charge in [-0.15, -0.1) is 0 Å². The Labute approximate surface area is 121 Å². The molecular weight excluding hydrogens is 328 g/mol. The van der Waals surface area contributed by atoms with Crippen LogP contribution >= 0.6 is 15.9 Å². The Balaban J connectivity index is 2.37. The molecule has 1 aromatic heterocycles. The lowest BCUT2D eigenvalue weighted by Crippen LogP contribution is -2.24. The largest absolute Gasteiger partial charge is 0.300 e. The number of nitrogens with zero attached hydrogens (tertiary/aromatic N) is 2. The number of Topliss-reactive ketones (excluding diaryl/α,β-unsaturated/α-hetero) is 1. The summed E-state index contributed by atoms with van der Waals surface area (Å²) < 4.78 is 1.07. The van der Waals surface area contributed by atoms with Crippen molar-refractivity contribution in [3.8, 4) is 0 Å². The first kappa shape index (κ1) is 14.1. The van der Waals surface area contributed by atoms with E-state index in [1.807, 2.05) is 0 Å². The van der Waals surface area contributed by atoms with Gasteiger partial charge in [-0.05, 0) is 15.9 Å². The van der Waals surface area contributed by atoms with Crippen LogP contribution in [0.3, 0.4) is 0 Å². The molecule has 0 amide bonds. The number of aromatic nitrogens is 1. The number of nitro groups is 1. The number of ketones is 1. The van der Waals surface area contributed by atoms with Crippen LogP contribution in [0.4, 0.5) is 5.69 Å². The third kappa shape index (κ3) is 3.00. The maximum atomic E-state index is 12.0. The van der Waals surface area contributed by atoms with E-state index in [2.05, 4.69) is 15.9 Å². The predicted octanol–water partition coefficient (Wildman–Crippen LogP) is 2.40. The number of carbonyl (C=O) groups excluding carboxylic acids is 1. The molecule has 0 aliphatic carbocycles. The van der Waals surface area contributed by atoms with Crippen molar-refractivity contribution in [1.82, 2.24) is 4.57 Å². The van der Waals surface area contributed by atoms with Crippen LogP contribution in [0.25, 0.3) is 0 Å². The second-order valence-corrected chi connectivity index (χ2v) is 4.88. The number of pyridine rings is 1. The Morgan fingerprint density at radius 3 is 2.55 bits per heavy atom. The van der Waals surface area contributed by atoms with E-state index < -0.39 is 10.5 Å². The molecule has 0 bridgehead atoms. The van der Waals surface area contributed by atoms with E-state index in [0.717, 1.165) is 16.8 Å². The lowest BCUT2D eigenvalue weighted by Gasteiger charge is -2.05. The fourth-order valence-electron chi connectivity index (χ4n) is 1.67. The molecule has 0 saturated carbocycles.